The molecule has 4 aliphatic carbocycles. The third-order valence-electron chi connectivity index (χ3n) is 27.5. The summed E-state index contributed by atoms with van der Waals surface area (Å²) >= 11 is 0. The molecular weight excluding hydrogens is 1490 g/mol. The van der Waals surface area contributed by atoms with Crippen molar-refractivity contribution >= 4 is 77.2 Å². The van der Waals surface area contributed by atoms with Crippen molar-refractivity contribution in [1.29, 1.82) is 0 Å². The molecule has 0 N–H and O–H groups in total. The van der Waals surface area contributed by atoms with E-state index in [-0.39, 0.29) is 0 Å². The second kappa shape index (κ2) is 29.0. The quantitative estimate of drug-likeness (QED) is 0.127. The predicted molar refractivity (Wildman–Crippen MR) is 516 cm³/mol. The Hall–Kier alpha value is -15.7. The van der Waals surface area contributed by atoms with Gasteiger partial charge < -0.3 is 9.80 Å². The highest BCUT2D eigenvalue weighted by Gasteiger charge is 2.59. The van der Waals surface area contributed by atoms with Crippen LogP contribution in [0, 0.1) is 0 Å². The highest BCUT2D eigenvalue weighted by molar-refractivity contribution is 5.99. The Bertz CT molecular complexity index is 7420. The fraction of sp³-hybridized carbons (Fsp3) is 0.0328. The molecule has 21 aromatic carbocycles. The molecule has 0 radical (unpaired) electrons. The zero-order valence-corrected chi connectivity index (χ0v) is 68.2. The Labute approximate surface area is 723 Å². The summed E-state index contributed by atoms with van der Waals surface area (Å²) in [6.07, 6.45) is 0. The minimum atomic E-state index is -0.540. The molecule has 0 aliphatic heterocycles. The van der Waals surface area contributed by atoms with Crippen LogP contribution in [0.1, 0.15) is 89.0 Å². The van der Waals surface area contributed by atoms with E-state index in [1.807, 2.05) is 0 Å². The van der Waals surface area contributed by atoms with Crippen LogP contribution < -0.4 is 9.80 Å². The fourth-order valence-corrected chi connectivity index (χ4v) is 22.5. The van der Waals surface area contributed by atoms with Crippen LogP contribution in [-0.4, -0.2) is 0 Å². The van der Waals surface area contributed by atoms with Crippen LogP contribution in [0.5, 0.6) is 0 Å². The minimum Gasteiger partial charge on any atom is -0.310 e. The van der Waals surface area contributed by atoms with E-state index in [2.05, 4.69) is 507 Å². The standard InChI is InChI=1S/C64H43N.C58H39N/c1-3-21-50(22-4-1)63(51-23-5-2-6-24-51)59-27-13-15-29-61(59)64(62-30-16-14-28-60(62)63)57-26-12-11-25-55(57)56-43-49(35-40-58(56)64)46-31-36-52(37-32-46)65(53-38-33-44-17-7-9-19-47(44)41-53)54-39-34-45-18-8-10-20-48(45)42-54;1-3-21-44(22-4-1)57(45-23-5-2-6-24-45)53-27-13-15-29-55(53)58(56-30-16-14-28-54(56)57)51-26-12-11-25-49(51)50-39-48(35-36-52(50)58)59(46-33-31-40-17-7-9-19-42(40)37-46)47-34-32-41-18-8-10-20-43(41)38-47/h1-43H;1-39H. The van der Waals surface area contributed by atoms with Crippen LogP contribution in [0.4, 0.5) is 34.1 Å². The topological polar surface area (TPSA) is 6.48 Å². The Balaban J connectivity index is 0.000000140. The number of hydrogen-bond donors (Lipinski definition) is 0. The number of rotatable bonds is 11. The van der Waals surface area contributed by atoms with Gasteiger partial charge in [0.05, 0.1) is 21.7 Å². The summed E-state index contributed by atoms with van der Waals surface area (Å²) in [5.41, 5.74) is 33.1. The third kappa shape index (κ3) is 10.8. The smallest absolute Gasteiger partial charge is 0.0720 e. The van der Waals surface area contributed by atoms with E-state index in [0.717, 1.165) is 34.1 Å². The maximum Gasteiger partial charge on any atom is 0.0720 e. The van der Waals surface area contributed by atoms with Crippen molar-refractivity contribution in [3.63, 3.8) is 0 Å². The van der Waals surface area contributed by atoms with Gasteiger partial charge in [0.2, 0.25) is 0 Å². The monoisotopic (exact) mass is 1570 g/mol. The summed E-state index contributed by atoms with van der Waals surface area (Å²) in [4.78, 5) is 4.82. The zero-order chi connectivity index (χ0) is 81.9. The SMILES string of the molecule is c1ccc(C2(c3ccccc3)c3ccccc3C3(c4ccccc4-c4cc(-c5ccc(N(c6ccc7ccccc7c6)c6ccc7ccccc7c6)cc5)ccc43)c3ccccc32)cc1.c1ccc(C2(c3ccccc3)c3ccccc3C3(c4ccccc4-c4cc(N(c5ccc6ccccc6c5)c5ccc6ccccc6c5)ccc43)c3ccccc32)cc1. The van der Waals surface area contributed by atoms with Gasteiger partial charge in [-0.1, -0.05) is 419 Å². The lowest BCUT2D eigenvalue weighted by Gasteiger charge is -2.50. The molecule has 0 saturated heterocycles. The van der Waals surface area contributed by atoms with E-state index in [1.54, 1.807) is 0 Å². The van der Waals surface area contributed by atoms with E-state index in [1.165, 1.54) is 165 Å². The molecule has 0 saturated carbocycles. The van der Waals surface area contributed by atoms with E-state index in [4.69, 9.17) is 0 Å². The molecule has 0 atom stereocenters. The lowest BCUT2D eigenvalue weighted by molar-refractivity contribution is 0.623. The van der Waals surface area contributed by atoms with Gasteiger partial charge in [-0.3, -0.25) is 0 Å². The lowest BCUT2D eigenvalue weighted by atomic mass is 9.51. The Morgan fingerprint density at radius 1 is 0.121 bits per heavy atom. The fourth-order valence-electron chi connectivity index (χ4n) is 22.5. The lowest BCUT2D eigenvalue weighted by Crippen LogP contribution is -2.44. The van der Waals surface area contributed by atoms with Gasteiger partial charge in [-0.15, -0.1) is 0 Å². The van der Waals surface area contributed by atoms with Gasteiger partial charge in [0, 0.05) is 34.1 Å². The molecule has 2 spiro atoms. The average Bonchev–Trinajstić information content (AvgIpc) is 1.40. The predicted octanol–water partition coefficient (Wildman–Crippen LogP) is 30.7. The third-order valence-corrected chi connectivity index (χ3v) is 27.5. The van der Waals surface area contributed by atoms with Gasteiger partial charge in [0.25, 0.3) is 0 Å². The number of fused-ring (bicyclic) bond motifs is 22. The highest BCUT2D eigenvalue weighted by Crippen LogP contribution is 2.68. The van der Waals surface area contributed by atoms with Crippen molar-refractivity contribution in [3.05, 3.63) is 586 Å². The van der Waals surface area contributed by atoms with E-state index in [9.17, 15) is 0 Å². The molecule has 0 fully saturated rings. The van der Waals surface area contributed by atoms with Crippen LogP contribution in [0.2, 0.25) is 0 Å². The van der Waals surface area contributed by atoms with Gasteiger partial charge in [-0.2, -0.15) is 0 Å². The molecule has 580 valence electrons. The maximum atomic E-state index is 2.45. The summed E-state index contributed by atoms with van der Waals surface area (Å²) in [5, 5.41) is 9.81. The minimum absolute atomic E-state index is 0.519. The molecule has 0 bridgehead atoms. The molecule has 0 amide bonds. The summed E-state index contributed by atoms with van der Waals surface area (Å²) in [6, 6.07) is 185. The van der Waals surface area contributed by atoms with Gasteiger partial charge in [0.1, 0.15) is 0 Å². The number of anilines is 6. The van der Waals surface area contributed by atoms with Crippen molar-refractivity contribution < 1.29 is 0 Å². The van der Waals surface area contributed by atoms with Gasteiger partial charge in [0.15, 0.2) is 0 Å². The zero-order valence-electron chi connectivity index (χ0n) is 68.2. The molecule has 21 aromatic rings. The summed E-state index contributed by atoms with van der Waals surface area (Å²) in [7, 11) is 0. The summed E-state index contributed by atoms with van der Waals surface area (Å²) in [6.45, 7) is 0. The first-order valence-electron chi connectivity index (χ1n) is 43.3. The highest BCUT2D eigenvalue weighted by atomic mass is 15.1. The van der Waals surface area contributed by atoms with Crippen molar-refractivity contribution in [2.24, 2.45) is 0 Å². The van der Waals surface area contributed by atoms with Crippen molar-refractivity contribution in [2.45, 2.75) is 21.7 Å². The summed E-state index contributed by atoms with van der Waals surface area (Å²) in [5.74, 6) is 0. The number of nitrogens with zero attached hydrogens (tertiary/aromatic N) is 2. The molecule has 0 aromatic heterocycles. The van der Waals surface area contributed by atoms with Crippen molar-refractivity contribution in [3.8, 4) is 33.4 Å². The van der Waals surface area contributed by atoms with E-state index >= 15 is 0 Å². The second-order valence-corrected chi connectivity index (χ2v) is 33.6. The molecule has 0 heterocycles. The first-order valence-corrected chi connectivity index (χ1v) is 43.3. The van der Waals surface area contributed by atoms with Crippen molar-refractivity contribution in [1.82, 2.24) is 0 Å². The molecular formula is C122H82N2. The largest absolute Gasteiger partial charge is 0.310 e. The molecule has 4 aliphatic rings. The number of benzene rings is 21. The van der Waals surface area contributed by atoms with Gasteiger partial charge >= 0.3 is 0 Å². The molecule has 0 unspecified atom stereocenters. The first kappa shape index (κ1) is 72.3. The van der Waals surface area contributed by atoms with Crippen LogP contribution >= 0.6 is 0 Å². The Kier molecular flexibility index (Phi) is 16.9. The Morgan fingerprint density at radius 3 is 0.669 bits per heavy atom. The Morgan fingerprint density at radius 2 is 0.339 bits per heavy atom. The van der Waals surface area contributed by atoms with E-state index < -0.39 is 21.7 Å². The first-order chi connectivity index (χ1) is 61.5. The van der Waals surface area contributed by atoms with Gasteiger partial charge in [-0.25, -0.2) is 0 Å². The van der Waals surface area contributed by atoms with Crippen LogP contribution in [0.25, 0.3) is 76.5 Å². The molecule has 2 heteroatoms. The van der Waals surface area contributed by atoms with Gasteiger partial charge in [-0.05, 0) is 244 Å². The summed E-state index contributed by atoms with van der Waals surface area (Å²) < 4.78 is 0. The second-order valence-electron chi connectivity index (χ2n) is 33.6. The van der Waals surface area contributed by atoms with Crippen molar-refractivity contribution in [2.75, 3.05) is 9.80 Å². The maximum absolute atomic E-state index is 2.45. The van der Waals surface area contributed by atoms with E-state index in [0.29, 0.717) is 0 Å². The number of hydrogen-bond acceptors (Lipinski definition) is 2. The molecule has 25 rings (SSSR count). The van der Waals surface area contributed by atoms with Crippen LogP contribution in [-0.2, 0) is 21.7 Å². The average molecular weight is 1580 g/mol. The van der Waals surface area contributed by atoms with Crippen LogP contribution in [0.15, 0.2) is 497 Å². The normalized spacial score (nSPS) is 13.9. The molecule has 2 nitrogen and oxygen atoms in total. The van der Waals surface area contributed by atoms with Crippen LogP contribution in [0.3, 0.4) is 0 Å². The molecule has 124 heavy (non-hydrogen) atoms.